The molecule has 0 aliphatic carbocycles. The first-order chi connectivity index (χ1) is 18.1. The molecule has 5 rings (SSSR count). The van der Waals surface area contributed by atoms with Gasteiger partial charge in [0.25, 0.3) is 0 Å². The SMILES string of the molecule is CCCC(=O)Oc1ccc2c(c1)Oc1cc(OC(=O)CC)ccc1C21OC(=O)c2cc(C(C)(C)C)ccc21. The van der Waals surface area contributed by atoms with Crippen LogP contribution in [0.3, 0.4) is 0 Å². The molecule has 0 bridgehead atoms. The first-order valence-corrected chi connectivity index (χ1v) is 12.8. The Balaban J connectivity index is 1.70. The molecule has 7 heteroatoms. The molecule has 0 aromatic heterocycles. The summed E-state index contributed by atoms with van der Waals surface area (Å²) in [5, 5.41) is 0. The quantitative estimate of drug-likeness (QED) is 0.281. The lowest BCUT2D eigenvalue weighted by Gasteiger charge is -2.36. The number of fused-ring (bicyclic) bond motifs is 6. The van der Waals surface area contributed by atoms with Crippen molar-refractivity contribution in [3.63, 3.8) is 0 Å². The highest BCUT2D eigenvalue weighted by Gasteiger charge is 2.54. The first-order valence-electron chi connectivity index (χ1n) is 12.8. The predicted octanol–water partition coefficient (Wildman–Crippen LogP) is 6.57. The fourth-order valence-corrected chi connectivity index (χ4v) is 4.87. The Bertz CT molecular complexity index is 1460. The minimum absolute atomic E-state index is 0.161. The lowest BCUT2D eigenvalue weighted by Crippen LogP contribution is -2.33. The van der Waals surface area contributed by atoms with E-state index in [-0.39, 0.29) is 30.2 Å². The van der Waals surface area contributed by atoms with Gasteiger partial charge in [0.05, 0.1) is 5.56 Å². The molecule has 38 heavy (non-hydrogen) atoms. The molecule has 0 saturated carbocycles. The van der Waals surface area contributed by atoms with Crippen molar-refractivity contribution in [2.45, 2.75) is 64.9 Å². The van der Waals surface area contributed by atoms with Gasteiger partial charge in [0.1, 0.15) is 23.0 Å². The van der Waals surface area contributed by atoms with Gasteiger partial charge in [0.2, 0.25) is 0 Å². The smallest absolute Gasteiger partial charge is 0.340 e. The fraction of sp³-hybridized carbons (Fsp3) is 0.323. The van der Waals surface area contributed by atoms with Crippen LogP contribution in [0.5, 0.6) is 23.0 Å². The zero-order valence-electron chi connectivity index (χ0n) is 22.2. The molecule has 2 aliphatic rings. The standard InChI is InChI=1S/C31H30O7/c1-6-8-28(33)36-20-11-14-24-26(17-20)37-25-16-19(35-27(32)7-2)10-13-23(25)31(24)22-12-9-18(30(3,4)5)15-21(22)29(34)38-31/h9-17H,6-8H2,1-5H3. The third kappa shape index (κ3) is 4.22. The van der Waals surface area contributed by atoms with E-state index in [0.717, 1.165) is 5.56 Å². The van der Waals surface area contributed by atoms with Crippen molar-refractivity contribution in [1.29, 1.82) is 0 Å². The Kier molecular flexibility index (Phi) is 6.25. The zero-order chi connectivity index (χ0) is 27.2. The summed E-state index contributed by atoms with van der Waals surface area (Å²) in [5.74, 6) is 0.210. The number of esters is 3. The molecule has 0 N–H and O–H groups in total. The first kappa shape index (κ1) is 25.5. The molecule has 1 atom stereocenters. The number of hydrogen-bond acceptors (Lipinski definition) is 7. The van der Waals surface area contributed by atoms with Crippen LogP contribution in [0.2, 0.25) is 0 Å². The second-order valence-electron chi connectivity index (χ2n) is 10.6. The van der Waals surface area contributed by atoms with Crippen LogP contribution in [0.15, 0.2) is 54.6 Å². The third-order valence-corrected chi connectivity index (χ3v) is 6.82. The van der Waals surface area contributed by atoms with Gasteiger partial charge in [-0.3, -0.25) is 9.59 Å². The third-order valence-electron chi connectivity index (χ3n) is 6.82. The second-order valence-corrected chi connectivity index (χ2v) is 10.6. The van der Waals surface area contributed by atoms with E-state index in [1.165, 1.54) is 0 Å². The van der Waals surface area contributed by atoms with Gasteiger partial charge in [-0.15, -0.1) is 0 Å². The number of hydrogen-bond donors (Lipinski definition) is 0. The molecule has 3 aromatic carbocycles. The van der Waals surface area contributed by atoms with Gasteiger partial charge in [0, 0.05) is 41.7 Å². The largest absolute Gasteiger partial charge is 0.456 e. The summed E-state index contributed by atoms with van der Waals surface area (Å²) in [6, 6.07) is 15.9. The summed E-state index contributed by atoms with van der Waals surface area (Å²) >= 11 is 0. The van der Waals surface area contributed by atoms with Crippen molar-refractivity contribution >= 4 is 17.9 Å². The molecular formula is C31H30O7. The minimum atomic E-state index is -1.29. The maximum absolute atomic E-state index is 13.4. The molecule has 196 valence electrons. The molecular weight excluding hydrogens is 484 g/mol. The van der Waals surface area contributed by atoms with Crippen molar-refractivity contribution in [3.05, 3.63) is 82.4 Å². The maximum Gasteiger partial charge on any atom is 0.340 e. The normalized spacial score (nSPS) is 17.1. The maximum atomic E-state index is 13.4. The molecule has 0 radical (unpaired) electrons. The monoisotopic (exact) mass is 514 g/mol. The van der Waals surface area contributed by atoms with Gasteiger partial charge < -0.3 is 18.9 Å². The van der Waals surface area contributed by atoms with Crippen LogP contribution in [-0.2, 0) is 25.3 Å². The van der Waals surface area contributed by atoms with Crippen molar-refractivity contribution in [1.82, 2.24) is 0 Å². The van der Waals surface area contributed by atoms with E-state index in [0.29, 0.717) is 51.7 Å². The Morgan fingerprint density at radius 1 is 0.816 bits per heavy atom. The summed E-state index contributed by atoms with van der Waals surface area (Å²) in [5.41, 5.74) is 1.95. The molecule has 0 fully saturated rings. The summed E-state index contributed by atoms with van der Waals surface area (Å²) in [4.78, 5) is 37.5. The van der Waals surface area contributed by atoms with Gasteiger partial charge >= 0.3 is 17.9 Å². The van der Waals surface area contributed by atoms with Gasteiger partial charge in [-0.25, -0.2) is 4.79 Å². The molecule has 2 heterocycles. The molecule has 1 unspecified atom stereocenters. The van der Waals surface area contributed by atoms with Crippen LogP contribution < -0.4 is 14.2 Å². The van der Waals surface area contributed by atoms with E-state index in [2.05, 4.69) is 20.8 Å². The Morgan fingerprint density at radius 3 is 1.95 bits per heavy atom. The summed E-state index contributed by atoms with van der Waals surface area (Å²) in [6.07, 6.45) is 1.18. The number of carbonyl (C=O) groups is 3. The fourth-order valence-electron chi connectivity index (χ4n) is 4.87. The highest BCUT2D eigenvalue weighted by Crippen LogP contribution is 2.57. The van der Waals surface area contributed by atoms with E-state index >= 15 is 0 Å². The van der Waals surface area contributed by atoms with Crippen LogP contribution in [0, 0.1) is 0 Å². The molecule has 0 amide bonds. The number of benzene rings is 3. The van der Waals surface area contributed by atoms with Crippen LogP contribution in [0.25, 0.3) is 0 Å². The zero-order valence-corrected chi connectivity index (χ0v) is 22.2. The van der Waals surface area contributed by atoms with Crippen LogP contribution in [0.1, 0.15) is 86.5 Å². The minimum Gasteiger partial charge on any atom is -0.456 e. The van der Waals surface area contributed by atoms with Crippen LogP contribution in [0.4, 0.5) is 0 Å². The second kappa shape index (κ2) is 9.31. The van der Waals surface area contributed by atoms with Crippen molar-refractivity contribution in [2.24, 2.45) is 0 Å². The lowest BCUT2D eigenvalue weighted by molar-refractivity contribution is -0.135. The van der Waals surface area contributed by atoms with Crippen molar-refractivity contribution in [2.75, 3.05) is 0 Å². The summed E-state index contributed by atoms with van der Waals surface area (Å²) < 4.78 is 23.4. The van der Waals surface area contributed by atoms with E-state index in [1.807, 2.05) is 25.1 Å². The summed E-state index contributed by atoms with van der Waals surface area (Å²) in [6.45, 7) is 9.88. The summed E-state index contributed by atoms with van der Waals surface area (Å²) in [7, 11) is 0. The molecule has 3 aromatic rings. The van der Waals surface area contributed by atoms with Crippen molar-refractivity contribution < 1.29 is 33.3 Å². The van der Waals surface area contributed by atoms with Gasteiger partial charge in [0.15, 0.2) is 5.60 Å². The average Bonchev–Trinajstić information content (AvgIpc) is 3.15. The van der Waals surface area contributed by atoms with Crippen LogP contribution >= 0.6 is 0 Å². The molecule has 0 saturated heterocycles. The highest BCUT2D eigenvalue weighted by molar-refractivity contribution is 5.97. The number of ether oxygens (including phenoxy) is 4. The lowest BCUT2D eigenvalue weighted by atomic mass is 9.76. The Morgan fingerprint density at radius 2 is 1.39 bits per heavy atom. The van der Waals surface area contributed by atoms with Crippen LogP contribution in [-0.4, -0.2) is 17.9 Å². The average molecular weight is 515 g/mol. The Hall–Kier alpha value is -4.13. The number of rotatable bonds is 5. The van der Waals surface area contributed by atoms with E-state index in [1.54, 1.807) is 43.3 Å². The van der Waals surface area contributed by atoms with Gasteiger partial charge in [-0.2, -0.15) is 0 Å². The van der Waals surface area contributed by atoms with E-state index in [4.69, 9.17) is 18.9 Å². The predicted molar refractivity (Wildman–Crippen MR) is 140 cm³/mol. The van der Waals surface area contributed by atoms with Gasteiger partial charge in [-0.05, 0) is 47.7 Å². The molecule has 2 aliphatic heterocycles. The molecule has 1 spiro atoms. The van der Waals surface area contributed by atoms with E-state index < -0.39 is 11.6 Å². The number of carbonyl (C=O) groups excluding carboxylic acids is 3. The molecule has 7 nitrogen and oxygen atoms in total. The van der Waals surface area contributed by atoms with Gasteiger partial charge in [-0.1, -0.05) is 46.8 Å². The topological polar surface area (TPSA) is 88.1 Å². The highest BCUT2D eigenvalue weighted by atomic mass is 16.6. The Labute approximate surface area is 221 Å². The van der Waals surface area contributed by atoms with E-state index in [9.17, 15) is 14.4 Å². The van der Waals surface area contributed by atoms with Crippen molar-refractivity contribution in [3.8, 4) is 23.0 Å².